The number of nitrogens with one attached hydrogen (secondary N) is 2. The molecule has 5 aromatic rings. The Kier molecular flexibility index (Phi) is 3.95. The second-order valence-corrected chi connectivity index (χ2v) is 6.86. The Morgan fingerprint density at radius 2 is 2.00 bits per heavy atom. The number of aromatic amines is 1. The fraction of sp³-hybridized carbons (Fsp3) is 0.0500. The summed E-state index contributed by atoms with van der Waals surface area (Å²) in [5.74, 6) is 1.03. The highest BCUT2D eigenvalue weighted by atomic mass is 35.5. The van der Waals surface area contributed by atoms with Gasteiger partial charge in [-0.3, -0.25) is 0 Å². The van der Waals surface area contributed by atoms with Crippen LogP contribution < -0.4 is 5.32 Å². The van der Waals surface area contributed by atoms with Gasteiger partial charge in [0.1, 0.15) is 5.82 Å². The van der Waals surface area contributed by atoms with Crippen LogP contribution >= 0.6 is 11.6 Å². The van der Waals surface area contributed by atoms with Crippen LogP contribution in [0.2, 0.25) is 5.02 Å². The topological polar surface area (TPSA) is 70.9 Å². The molecule has 138 valence electrons. The standard InChI is InChI=1S/C20H14ClFN6/c21-13-2-1-3-15(9-13)24-18-6-7-19-25-26-20(28(19)27-18)8-12-11-23-17-5-4-14(22)10-16(12)17/h1-7,9-11,23H,8H2,(H,24,27). The first kappa shape index (κ1) is 16.7. The van der Waals surface area contributed by atoms with E-state index >= 15 is 0 Å². The zero-order valence-corrected chi connectivity index (χ0v) is 15.3. The van der Waals surface area contributed by atoms with E-state index in [9.17, 15) is 4.39 Å². The van der Waals surface area contributed by atoms with Crippen molar-refractivity contribution in [2.75, 3.05) is 5.32 Å². The van der Waals surface area contributed by atoms with Gasteiger partial charge in [-0.05, 0) is 54.1 Å². The molecule has 8 heteroatoms. The first-order valence-corrected chi connectivity index (χ1v) is 9.03. The molecule has 0 bridgehead atoms. The molecular formula is C20H14ClFN6. The zero-order valence-electron chi connectivity index (χ0n) is 14.5. The van der Waals surface area contributed by atoms with Crippen molar-refractivity contribution in [1.82, 2.24) is 24.8 Å². The van der Waals surface area contributed by atoms with Gasteiger partial charge < -0.3 is 10.3 Å². The van der Waals surface area contributed by atoms with Crippen LogP contribution in [0.15, 0.2) is 60.8 Å². The number of hydrogen-bond donors (Lipinski definition) is 2. The van der Waals surface area contributed by atoms with E-state index in [0.29, 0.717) is 28.7 Å². The van der Waals surface area contributed by atoms with Gasteiger partial charge in [-0.1, -0.05) is 17.7 Å². The van der Waals surface area contributed by atoms with E-state index in [1.165, 1.54) is 12.1 Å². The average Bonchev–Trinajstić information content (AvgIpc) is 3.26. The number of fused-ring (bicyclic) bond motifs is 2. The minimum absolute atomic E-state index is 0.273. The monoisotopic (exact) mass is 392 g/mol. The molecular weight excluding hydrogens is 379 g/mol. The van der Waals surface area contributed by atoms with Crippen LogP contribution in [-0.4, -0.2) is 24.8 Å². The number of aromatic nitrogens is 5. The molecule has 3 heterocycles. The molecule has 0 aliphatic carbocycles. The van der Waals surface area contributed by atoms with Crippen molar-refractivity contribution < 1.29 is 4.39 Å². The molecule has 0 atom stereocenters. The highest BCUT2D eigenvalue weighted by Crippen LogP contribution is 2.23. The Bertz CT molecular complexity index is 1310. The second-order valence-electron chi connectivity index (χ2n) is 6.42. The molecule has 2 aromatic carbocycles. The largest absolute Gasteiger partial charge is 0.361 e. The number of rotatable bonds is 4. The van der Waals surface area contributed by atoms with E-state index in [1.54, 1.807) is 10.6 Å². The molecule has 0 saturated heterocycles. The molecule has 0 saturated carbocycles. The predicted molar refractivity (Wildman–Crippen MR) is 107 cm³/mol. The summed E-state index contributed by atoms with van der Waals surface area (Å²) in [5, 5.41) is 17.7. The Hall–Kier alpha value is -3.45. The zero-order chi connectivity index (χ0) is 19.1. The van der Waals surface area contributed by atoms with Crippen molar-refractivity contribution in [3.63, 3.8) is 0 Å². The van der Waals surface area contributed by atoms with E-state index in [2.05, 4.69) is 25.6 Å². The maximum Gasteiger partial charge on any atom is 0.178 e. The summed E-state index contributed by atoms with van der Waals surface area (Å²) in [6.45, 7) is 0. The molecule has 0 unspecified atom stereocenters. The van der Waals surface area contributed by atoms with Crippen LogP contribution in [0.25, 0.3) is 16.6 Å². The van der Waals surface area contributed by atoms with Gasteiger partial charge in [-0.2, -0.15) is 4.52 Å². The summed E-state index contributed by atoms with van der Waals surface area (Å²) in [7, 11) is 0. The molecule has 0 aliphatic heterocycles. The third kappa shape index (κ3) is 3.05. The minimum atomic E-state index is -0.273. The summed E-state index contributed by atoms with van der Waals surface area (Å²) >= 11 is 6.04. The van der Waals surface area contributed by atoms with Crippen molar-refractivity contribution in [1.29, 1.82) is 0 Å². The highest BCUT2D eigenvalue weighted by molar-refractivity contribution is 6.30. The number of halogens is 2. The maximum absolute atomic E-state index is 13.6. The van der Waals surface area contributed by atoms with E-state index in [1.807, 2.05) is 42.6 Å². The minimum Gasteiger partial charge on any atom is -0.361 e. The highest BCUT2D eigenvalue weighted by Gasteiger charge is 2.12. The first-order chi connectivity index (χ1) is 13.7. The van der Waals surface area contributed by atoms with Gasteiger partial charge in [0.05, 0.1) is 0 Å². The van der Waals surface area contributed by atoms with Crippen molar-refractivity contribution in [3.05, 3.63) is 83.0 Å². The number of hydrogen-bond acceptors (Lipinski definition) is 4. The van der Waals surface area contributed by atoms with Crippen LogP contribution in [0.5, 0.6) is 0 Å². The molecule has 0 spiro atoms. The van der Waals surface area contributed by atoms with Crippen LogP contribution in [0, 0.1) is 5.82 Å². The fourth-order valence-electron chi connectivity index (χ4n) is 3.19. The molecule has 6 nitrogen and oxygen atoms in total. The average molecular weight is 393 g/mol. The number of anilines is 2. The molecule has 3 aromatic heterocycles. The number of nitrogens with zero attached hydrogens (tertiary/aromatic N) is 4. The van der Waals surface area contributed by atoms with Gasteiger partial charge in [0.2, 0.25) is 0 Å². The first-order valence-electron chi connectivity index (χ1n) is 8.65. The Labute approximate surface area is 164 Å². The Morgan fingerprint density at radius 1 is 1.07 bits per heavy atom. The van der Waals surface area contributed by atoms with Gasteiger partial charge in [0.25, 0.3) is 0 Å². The van der Waals surface area contributed by atoms with Crippen molar-refractivity contribution in [2.45, 2.75) is 6.42 Å². The molecule has 28 heavy (non-hydrogen) atoms. The van der Waals surface area contributed by atoms with E-state index < -0.39 is 0 Å². The van der Waals surface area contributed by atoms with E-state index in [0.717, 1.165) is 22.2 Å². The van der Waals surface area contributed by atoms with E-state index in [-0.39, 0.29) is 5.82 Å². The third-order valence-electron chi connectivity index (χ3n) is 4.50. The Morgan fingerprint density at radius 3 is 2.89 bits per heavy atom. The van der Waals surface area contributed by atoms with Gasteiger partial charge in [-0.15, -0.1) is 15.3 Å². The van der Waals surface area contributed by atoms with Crippen molar-refractivity contribution in [3.8, 4) is 0 Å². The number of benzene rings is 2. The summed E-state index contributed by atoms with van der Waals surface area (Å²) in [5.41, 5.74) is 3.28. The van der Waals surface area contributed by atoms with Crippen molar-refractivity contribution >= 4 is 39.7 Å². The summed E-state index contributed by atoms with van der Waals surface area (Å²) in [6.07, 6.45) is 2.33. The van der Waals surface area contributed by atoms with Crippen LogP contribution in [0.1, 0.15) is 11.4 Å². The molecule has 0 fully saturated rings. The Balaban J connectivity index is 1.50. The third-order valence-corrected chi connectivity index (χ3v) is 4.74. The lowest BCUT2D eigenvalue weighted by molar-refractivity contribution is 0.629. The van der Waals surface area contributed by atoms with E-state index in [4.69, 9.17) is 11.6 Å². The summed E-state index contributed by atoms with van der Waals surface area (Å²) in [6, 6.07) is 15.7. The van der Waals surface area contributed by atoms with Gasteiger partial charge in [-0.25, -0.2) is 4.39 Å². The summed E-state index contributed by atoms with van der Waals surface area (Å²) < 4.78 is 15.3. The fourth-order valence-corrected chi connectivity index (χ4v) is 3.38. The molecule has 0 aliphatic rings. The van der Waals surface area contributed by atoms with Crippen molar-refractivity contribution in [2.24, 2.45) is 0 Å². The lowest BCUT2D eigenvalue weighted by Crippen LogP contribution is -2.03. The molecule has 5 rings (SSSR count). The van der Waals surface area contributed by atoms with Crippen LogP contribution in [-0.2, 0) is 6.42 Å². The second kappa shape index (κ2) is 6.61. The molecule has 0 radical (unpaired) electrons. The predicted octanol–water partition coefficient (Wildman–Crippen LogP) is 4.73. The smallest absolute Gasteiger partial charge is 0.178 e. The number of H-pyrrole nitrogens is 1. The summed E-state index contributed by atoms with van der Waals surface area (Å²) in [4.78, 5) is 3.16. The normalized spacial score (nSPS) is 11.4. The SMILES string of the molecule is Fc1ccc2[nH]cc(Cc3nnc4ccc(Nc5cccc(Cl)c5)nn34)c2c1. The molecule has 0 amide bonds. The van der Waals surface area contributed by atoms with Gasteiger partial charge in [0.15, 0.2) is 17.3 Å². The molecule has 2 N–H and O–H groups in total. The maximum atomic E-state index is 13.6. The van der Waals surface area contributed by atoms with Crippen LogP contribution in [0.3, 0.4) is 0 Å². The lowest BCUT2D eigenvalue weighted by Gasteiger charge is -2.06. The quantitative estimate of drug-likeness (QED) is 0.463. The van der Waals surface area contributed by atoms with Crippen LogP contribution in [0.4, 0.5) is 15.9 Å². The van der Waals surface area contributed by atoms with Gasteiger partial charge >= 0.3 is 0 Å². The lowest BCUT2D eigenvalue weighted by atomic mass is 10.1. The van der Waals surface area contributed by atoms with Gasteiger partial charge in [0, 0.05) is 34.2 Å².